The highest BCUT2D eigenvalue weighted by Gasteiger charge is 2.39. The summed E-state index contributed by atoms with van der Waals surface area (Å²) >= 11 is 18.0. The van der Waals surface area contributed by atoms with Crippen molar-refractivity contribution < 1.29 is 9.59 Å². The zero-order valence-corrected chi connectivity index (χ0v) is 14.0. The lowest BCUT2D eigenvalue weighted by molar-refractivity contribution is -0.121. The van der Waals surface area contributed by atoms with E-state index in [1.165, 1.54) is 0 Å². The van der Waals surface area contributed by atoms with Crippen molar-refractivity contribution >= 4 is 58.0 Å². The molecular formula is C16H11Cl3N2O2. The van der Waals surface area contributed by atoms with Crippen molar-refractivity contribution in [3.8, 4) is 0 Å². The average molecular weight is 370 g/mol. The van der Waals surface area contributed by atoms with Crippen molar-refractivity contribution in [2.75, 3.05) is 10.2 Å². The highest BCUT2D eigenvalue weighted by Crippen LogP contribution is 2.32. The molecule has 0 aliphatic carbocycles. The molecule has 2 aromatic rings. The summed E-state index contributed by atoms with van der Waals surface area (Å²) in [6.45, 7) is 0. The van der Waals surface area contributed by atoms with Crippen molar-refractivity contribution in [3.63, 3.8) is 0 Å². The Bertz CT molecular complexity index is 795. The summed E-state index contributed by atoms with van der Waals surface area (Å²) in [6.07, 6.45) is 0.0359. The second-order valence-corrected chi connectivity index (χ2v) is 6.27. The quantitative estimate of drug-likeness (QED) is 0.816. The molecule has 4 nitrogen and oxygen atoms in total. The first-order valence-electron chi connectivity index (χ1n) is 6.80. The molecule has 0 saturated carbocycles. The normalized spacial score (nSPS) is 17.7. The van der Waals surface area contributed by atoms with Crippen LogP contribution in [0.3, 0.4) is 0 Å². The molecule has 1 N–H and O–H groups in total. The summed E-state index contributed by atoms with van der Waals surface area (Å²) in [5.74, 6) is -0.652. The van der Waals surface area contributed by atoms with Crippen LogP contribution in [-0.2, 0) is 9.59 Å². The zero-order valence-electron chi connectivity index (χ0n) is 11.7. The number of carbonyl (C=O) groups is 2. The molecule has 0 spiro atoms. The van der Waals surface area contributed by atoms with Gasteiger partial charge >= 0.3 is 0 Å². The number of imide groups is 1. The molecule has 23 heavy (non-hydrogen) atoms. The topological polar surface area (TPSA) is 49.4 Å². The molecule has 0 aromatic heterocycles. The number of hydrogen-bond acceptors (Lipinski definition) is 3. The number of amides is 2. The Morgan fingerprint density at radius 2 is 1.78 bits per heavy atom. The van der Waals surface area contributed by atoms with Crippen LogP contribution in [0.25, 0.3) is 0 Å². The van der Waals surface area contributed by atoms with E-state index < -0.39 is 6.04 Å². The minimum atomic E-state index is -0.697. The van der Waals surface area contributed by atoms with Crippen molar-refractivity contribution in [1.82, 2.24) is 0 Å². The van der Waals surface area contributed by atoms with E-state index in [-0.39, 0.29) is 18.2 Å². The highest BCUT2D eigenvalue weighted by atomic mass is 35.5. The fraction of sp³-hybridized carbons (Fsp3) is 0.125. The van der Waals surface area contributed by atoms with E-state index in [0.29, 0.717) is 26.4 Å². The van der Waals surface area contributed by atoms with Gasteiger partial charge in [0.25, 0.3) is 5.91 Å². The summed E-state index contributed by atoms with van der Waals surface area (Å²) < 4.78 is 0. The number of rotatable bonds is 3. The number of nitrogens with one attached hydrogen (secondary N) is 1. The predicted octanol–water partition coefficient (Wildman–Crippen LogP) is 4.39. The Morgan fingerprint density at radius 3 is 2.52 bits per heavy atom. The first-order chi connectivity index (χ1) is 11.0. The van der Waals surface area contributed by atoms with Crippen LogP contribution < -0.4 is 10.2 Å². The summed E-state index contributed by atoms with van der Waals surface area (Å²) in [5, 5.41) is 4.13. The monoisotopic (exact) mass is 368 g/mol. The lowest BCUT2D eigenvalue weighted by Crippen LogP contribution is -2.34. The zero-order chi connectivity index (χ0) is 16.6. The van der Waals surface area contributed by atoms with Gasteiger partial charge in [0.1, 0.15) is 6.04 Å². The van der Waals surface area contributed by atoms with Crippen LogP contribution in [0, 0.1) is 0 Å². The molecule has 3 rings (SSSR count). The first kappa shape index (κ1) is 16.1. The van der Waals surface area contributed by atoms with Gasteiger partial charge in [-0.05, 0) is 30.3 Å². The van der Waals surface area contributed by atoms with Crippen LogP contribution >= 0.6 is 34.8 Å². The second-order valence-electron chi connectivity index (χ2n) is 5.05. The van der Waals surface area contributed by atoms with Crippen LogP contribution in [-0.4, -0.2) is 17.9 Å². The van der Waals surface area contributed by atoms with E-state index >= 15 is 0 Å². The molecule has 2 amide bonds. The molecule has 1 heterocycles. The maximum Gasteiger partial charge on any atom is 0.256 e. The van der Waals surface area contributed by atoms with Gasteiger partial charge in [0.2, 0.25) is 5.91 Å². The minimum Gasteiger partial charge on any atom is -0.372 e. The predicted molar refractivity (Wildman–Crippen MR) is 92.4 cm³/mol. The number of nitrogens with zero attached hydrogens (tertiary/aromatic N) is 1. The molecule has 1 fully saturated rings. The minimum absolute atomic E-state index is 0.0359. The number of benzene rings is 2. The molecule has 1 atom stereocenters. The van der Waals surface area contributed by atoms with Gasteiger partial charge in [0.15, 0.2) is 0 Å². The van der Waals surface area contributed by atoms with Gasteiger partial charge in [0, 0.05) is 5.02 Å². The largest absolute Gasteiger partial charge is 0.372 e. The van der Waals surface area contributed by atoms with Gasteiger partial charge in [-0.3, -0.25) is 9.59 Å². The SMILES string of the molecule is O=C1CC(Nc2cccc(Cl)c2Cl)C(=O)N1c1cccc(Cl)c1. The van der Waals surface area contributed by atoms with E-state index in [4.69, 9.17) is 34.8 Å². The van der Waals surface area contributed by atoms with Gasteiger partial charge in [-0.15, -0.1) is 0 Å². The van der Waals surface area contributed by atoms with Crippen molar-refractivity contribution in [1.29, 1.82) is 0 Å². The van der Waals surface area contributed by atoms with Crippen LogP contribution in [0.15, 0.2) is 42.5 Å². The average Bonchev–Trinajstić information content (AvgIpc) is 2.78. The molecular weight excluding hydrogens is 359 g/mol. The Balaban J connectivity index is 1.85. The van der Waals surface area contributed by atoms with Crippen LogP contribution in [0.2, 0.25) is 15.1 Å². The maximum absolute atomic E-state index is 12.6. The fourth-order valence-electron chi connectivity index (χ4n) is 2.43. The van der Waals surface area contributed by atoms with Crippen molar-refractivity contribution in [2.45, 2.75) is 12.5 Å². The summed E-state index contributed by atoms with van der Waals surface area (Å²) in [6, 6.07) is 11.0. The smallest absolute Gasteiger partial charge is 0.256 e. The molecule has 1 aliphatic heterocycles. The van der Waals surface area contributed by atoms with Gasteiger partial charge in [-0.25, -0.2) is 4.90 Å². The molecule has 0 bridgehead atoms. The van der Waals surface area contributed by atoms with E-state index in [2.05, 4.69) is 5.32 Å². The molecule has 7 heteroatoms. The molecule has 1 aliphatic rings. The van der Waals surface area contributed by atoms with E-state index in [9.17, 15) is 9.59 Å². The lowest BCUT2D eigenvalue weighted by atomic mass is 10.2. The molecule has 0 radical (unpaired) electrons. The summed E-state index contributed by atoms with van der Waals surface area (Å²) in [7, 11) is 0. The first-order valence-corrected chi connectivity index (χ1v) is 7.93. The van der Waals surface area contributed by atoms with E-state index in [1.54, 1.807) is 42.5 Å². The Kier molecular flexibility index (Phi) is 4.48. The number of hydrogen-bond donors (Lipinski definition) is 1. The number of carbonyl (C=O) groups excluding carboxylic acids is 2. The van der Waals surface area contributed by atoms with Gasteiger partial charge < -0.3 is 5.32 Å². The summed E-state index contributed by atoms with van der Waals surface area (Å²) in [5.41, 5.74) is 0.965. The Morgan fingerprint density at radius 1 is 1.04 bits per heavy atom. The number of halogens is 3. The van der Waals surface area contributed by atoms with Gasteiger partial charge in [-0.2, -0.15) is 0 Å². The second kappa shape index (κ2) is 6.40. The third-order valence-corrected chi connectivity index (χ3v) is 4.55. The Labute approximate surface area is 147 Å². The third-order valence-electron chi connectivity index (χ3n) is 3.49. The van der Waals surface area contributed by atoms with Crippen LogP contribution in [0.1, 0.15) is 6.42 Å². The highest BCUT2D eigenvalue weighted by molar-refractivity contribution is 6.43. The third kappa shape index (κ3) is 3.15. The van der Waals surface area contributed by atoms with E-state index in [1.807, 2.05) is 0 Å². The standard InChI is InChI=1S/C16H11Cl3N2O2/c17-9-3-1-4-10(7-9)21-14(22)8-13(16(21)23)20-12-6-2-5-11(18)15(12)19/h1-7,13,20H,8H2. The maximum atomic E-state index is 12.6. The lowest BCUT2D eigenvalue weighted by Gasteiger charge is -2.17. The summed E-state index contributed by atoms with van der Waals surface area (Å²) in [4.78, 5) is 25.9. The van der Waals surface area contributed by atoms with E-state index in [0.717, 1.165) is 4.90 Å². The Hall–Kier alpha value is -1.75. The fourth-order valence-corrected chi connectivity index (χ4v) is 2.97. The molecule has 2 aromatic carbocycles. The van der Waals surface area contributed by atoms with Gasteiger partial charge in [0.05, 0.1) is 27.8 Å². The van der Waals surface area contributed by atoms with Crippen molar-refractivity contribution in [3.05, 3.63) is 57.5 Å². The van der Waals surface area contributed by atoms with Crippen LogP contribution in [0.5, 0.6) is 0 Å². The van der Waals surface area contributed by atoms with Crippen LogP contribution in [0.4, 0.5) is 11.4 Å². The molecule has 1 unspecified atom stereocenters. The number of anilines is 2. The van der Waals surface area contributed by atoms with Gasteiger partial charge in [-0.1, -0.05) is 46.9 Å². The van der Waals surface area contributed by atoms with Crippen molar-refractivity contribution in [2.24, 2.45) is 0 Å². The molecule has 1 saturated heterocycles. The molecule has 118 valence electrons.